The Labute approximate surface area is 168 Å². The van der Waals surface area contributed by atoms with Crippen LogP contribution >= 0.6 is 35.3 Å². The number of benzene rings is 1. The fourth-order valence-corrected chi connectivity index (χ4v) is 4.82. The number of nitrogens with one attached hydrogen (secondary N) is 1. The third kappa shape index (κ3) is 4.31. The minimum absolute atomic E-state index is 0. The van der Waals surface area contributed by atoms with E-state index in [0.29, 0.717) is 28.7 Å². The summed E-state index contributed by atoms with van der Waals surface area (Å²) in [6, 6.07) is 9.76. The summed E-state index contributed by atoms with van der Waals surface area (Å²) >= 11 is 7.39. The van der Waals surface area contributed by atoms with E-state index in [0.717, 1.165) is 17.0 Å². The Kier molecular flexibility index (Phi) is 6.40. The highest BCUT2D eigenvalue weighted by molar-refractivity contribution is 7.19. The van der Waals surface area contributed by atoms with Gasteiger partial charge in [0, 0.05) is 12.5 Å². The van der Waals surface area contributed by atoms with Crippen LogP contribution in [0.2, 0.25) is 4.47 Å². The van der Waals surface area contributed by atoms with Crippen LogP contribution < -0.4 is 5.32 Å². The molecule has 1 amide bonds. The maximum absolute atomic E-state index is 12.2. The standard InChI is InChI=1S/C18H20ClN3O2S.ClH/c19-17-20-16(15(25-17)13-4-2-1-3-5-13)21-18(23)24-11-14-10-22-8-6-12(14)7-9-22;/h1-5,12,14H,6-11H2,(H,21,23);1H. The molecule has 5 nitrogen and oxygen atoms in total. The Balaban J connectivity index is 0.00000196. The van der Waals surface area contributed by atoms with Crippen molar-refractivity contribution in [3.63, 3.8) is 0 Å². The zero-order valence-electron chi connectivity index (χ0n) is 14.2. The summed E-state index contributed by atoms with van der Waals surface area (Å²) in [6.45, 7) is 3.87. The van der Waals surface area contributed by atoms with Crippen LogP contribution in [0.15, 0.2) is 30.3 Å². The van der Waals surface area contributed by atoms with E-state index in [-0.39, 0.29) is 12.4 Å². The number of amides is 1. The number of fused-ring (bicyclic) bond motifs is 3. The Morgan fingerprint density at radius 2 is 2.04 bits per heavy atom. The lowest BCUT2D eigenvalue weighted by molar-refractivity contribution is 0.0151. The first-order valence-electron chi connectivity index (χ1n) is 8.57. The molecule has 1 aromatic carbocycles. The number of ether oxygens (including phenoxy) is 1. The van der Waals surface area contributed by atoms with E-state index in [9.17, 15) is 4.79 Å². The molecular weight excluding hydrogens is 393 g/mol. The summed E-state index contributed by atoms with van der Waals surface area (Å²) in [5, 5.41) is 2.75. The lowest BCUT2D eigenvalue weighted by Gasteiger charge is -2.44. The molecule has 26 heavy (non-hydrogen) atoms. The highest BCUT2D eigenvalue weighted by Crippen LogP contribution is 2.36. The molecule has 0 aliphatic carbocycles. The number of halogens is 2. The first-order valence-corrected chi connectivity index (χ1v) is 9.76. The molecule has 0 saturated carbocycles. The molecule has 1 N–H and O–H groups in total. The number of aromatic nitrogens is 1. The predicted molar refractivity (Wildman–Crippen MR) is 107 cm³/mol. The number of hydrogen-bond acceptors (Lipinski definition) is 5. The van der Waals surface area contributed by atoms with Crippen molar-refractivity contribution in [1.29, 1.82) is 0 Å². The maximum Gasteiger partial charge on any atom is 0.412 e. The Hall–Kier alpha value is -1.34. The second-order valence-electron chi connectivity index (χ2n) is 6.63. The number of thiazole rings is 1. The highest BCUT2D eigenvalue weighted by atomic mass is 35.5. The van der Waals surface area contributed by atoms with E-state index in [4.69, 9.17) is 16.3 Å². The first kappa shape index (κ1) is 19.4. The predicted octanol–water partition coefficient (Wildman–Crippen LogP) is 4.78. The lowest BCUT2D eigenvalue weighted by Crippen LogP contribution is -2.49. The molecule has 4 heterocycles. The third-order valence-electron chi connectivity index (χ3n) is 5.08. The number of piperidine rings is 3. The summed E-state index contributed by atoms with van der Waals surface area (Å²) in [7, 11) is 0. The highest BCUT2D eigenvalue weighted by Gasteiger charge is 2.34. The summed E-state index contributed by atoms with van der Waals surface area (Å²) < 4.78 is 5.88. The van der Waals surface area contributed by atoms with Gasteiger partial charge in [-0.1, -0.05) is 41.9 Å². The molecule has 3 aliphatic heterocycles. The number of rotatable bonds is 4. The van der Waals surface area contributed by atoms with E-state index >= 15 is 0 Å². The topological polar surface area (TPSA) is 54.5 Å². The zero-order valence-corrected chi connectivity index (χ0v) is 16.6. The van der Waals surface area contributed by atoms with Gasteiger partial charge in [0.1, 0.15) is 0 Å². The molecule has 0 radical (unpaired) electrons. The number of carbonyl (C=O) groups is 1. The van der Waals surface area contributed by atoms with Gasteiger partial charge in [-0.2, -0.15) is 0 Å². The van der Waals surface area contributed by atoms with Gasteiger partial charge in [0.25, 0.3) is 0 Å². The fourth-order valence-electron chi connectivity index (χ4n) is 3.76. The van der Waals surface area contributed by atoms with Gasteiger partial charge in [0.05, 0.1) is 11.5 Å². The third-order valence-corrected chi connectivity index (χ3v) is 6.29. The van der Waals surface area contributed by atoms with Crippen molar-refractivity contribution in [3.05, 3.63) is 34.8 Å². The van der Waals surface area contributed by atoms with Crippen LogP contribution in [-0.2, 0) is 4.74 Å². The summed E-state index contributed by atoms with van der Waals surface area (Å²) in [6.07, 6.45) is 1.97. The van der Waals surface area contributed by atoms with Crippen LogP contribution in [-0.4, -0.2) is 42.2 Å². The second kappa shape index (κ2) is 8.57. The average molecular weight is 414 g/mol. The summed E-state index contributed by atoms with van der Waals surface area (Å²) in [5.74, 6) is 1.59. The molecule has 8 heteroatoms. The molecule has 0 spiro atoms. The van der Waals surface area contributed by atoms with E-state index in [1.54, 1.807) is 0 Å². The van der Waals surface area contributed by atoms with Crippen molar-refractivity contribution in [2.75, 3.05) is 31.6 Å². The molecule has 3 fully saturated rings. The van der Waals surface area contributed by atoms with Crippen LogP contribution in [0.3, 0.4) is 0 Å². The van der Waals surface area contributed by atoms with E-state index in [1.807, 2.05) is 30.3 Å². The van der Waals surface area contributed by atoms with Crippen molar-refractivity contribution in [3.8, 4) is 10.4 Å². The largest absolute Gasteiger partial charge is 0.449 e. The smallest absolute Gasteiger partial charge is 0.412 e. The first-order chi connectivity index (χ1) is 12.2. The molecule has 1 atom stereocenters. The molecule has 2 aromatic rings. The van der Waals surface area contributed by atoms with Gasteiger partial charge < -0.3 is 9.64 Å². The SMILES string of the molecule is Cl.O=C(Nc1nc(Cl)sc1-c1ccccc1)OCC1CN2CCC1CC2. The Morgan fingerprint density at radius 3 is 2.69 bits per heavy atom. The van der Waals surface area contributed by atoms with Crippen LogP contribution in [0.4, 0.5) is 10.6 Å². The number of hydrogen-bond donors (Lipinski definition) is 1. The van der Waals surface area contributed by atoms with Gasteiger partial charge in [-0.15, -0.1) is 23.7 Å². The van der Waals surface area contributed by atoms with Gasteiger partial charge in [0.15, 0.2) is 10.3 Å². The zero-order chi connectivity index (χ0) is 17.2. The molecule has 1 aromatic heterocycles. The normalized spacial score (nSPS) is 24.0. The van der Waals surface area contributed by atoms with Crippen molar-refractivity contribution >= 4 is 47.3 Å². The van der Waals surface area contributed by atoms with Gasteiger partial charge in [-0.3, -0.25) is 5.32 Å². The summed E-state index contributed by atoms with van der Waals surface area (Å²) in [5.41, 5.74) is 0.972. The Bertz CT molecular complexity index is 748. The molecule has 1 unspecified atom stereocenters. The van der Waals surface area contributed by atoms with Crippen molar-refractivity contribution in [2.24, 2.45) is 11.8 Å². The monoisotopic (exact) mass is 413 g/mol. The molecule has 3 aliphatic rings. The molecule has 3 saturated heterocycles. The van der Waals surface area contributed by atoms with Crippen molar-refractivity contribution in [2.45, 2.75) is 12.8 Å². The Morgan fingerprint density at radius 1 is 1.31 bits per heavy atom. The quantitative estimate of drug-likeness (QED) is 0.783. The molecule has 5 rings (SSSR count). The maximum atomic E-state index is 12.2. The molecular formula is C18H21Cl2N3O2S. The van der Waals surface area contributed by atoms with Crippen LogP contribution in [0.1, 0.15) is 12.8 Å². The van der Waals surface area contributed by atoms with Crippen LogP contribution in [0.25, 0.3) is 10.4 Å². The van der Waals surface area contributed by atoms with Crippen molar-refractivity contribution < 1.29 is 9.53 Å². The van der Waals surface area contributed by atoms with Crippen LogP contribution in [0.5, 0.6) is 0 Å². The molecule has 140 valence electrons. The van der Waals surface area contributed by atoms with Gasteiger partial charge >= 0.3 is 6.09 Å². The second-order valence-corrected chi connectivity index (χ2v) is 8.21. The summed E-state index contributed by atoms with van der Waals surface area (Å²) in [4.78, 5) is 19.7. The number of nitrogens with zero attached hydrogens (tertiary/aromatic N) is 2. The van der Waals surface area contributed by atoms with E-state index in [1.165, 1.54) is 37.3 Å². The number of carbonyl (C=O) groups excluding carboxylic acids is 1. The van der Waals surface area contributed by atoms with Crippen molar-refractivity contribution in [1.82, 2.24) is 9.88 Å². The van der Waals surface area contributed by atoms with Crippen LogP contribution in [0, 0.1) is 11.8 Å². The lowest BCUT2D eigenvalue weighted by atomic mass is 9.79. The fraction of sp³-hybridized carbons (Fsp3) is 0.444. The number of anilines is 1. The van der Waals surface area contributed by atoms with E-state index in [2.05, 4.69) is 15.2 Å². The average Bonchev–Trinajstić information content (AvgIpc) is 3.02. The minimum atomic E-state index is -0.462. The van der Waals surface area contributed by atoms with E-state index < -0.39 is 6.09 Å². The van der Waals surface area contributed by atoms with Gasteiger partial charge in [0.2, 0.25) is 0 Å². The minimum Gasteiger partial charge on any atom is -0.449 e. The van der Waals surface area contributed by atoms with Gasteiger partial charge in [-0.25, -0.2) is 9.78 Å². The molecule has 2 bridgehead atoms. The van der Waals surface area contributed by atoms with Gasteiger partial charge in [-0.05, 0) is 37.4 Å².